The van der Waals surface area contributed by atoms with Crippen molar-refractivity contribution in [2.24, 2.45) is 0 Å². The number of nitrogens with zero attached hydrogens (tertiary/aromatic N) is 2. The first-order valence-corrected chi connectivity index (χ1v) is 5.50. The standard InChI is InChI=1S/C13H14N2O3/c1-9-7-8-14-15(9)11-5-3-10(4-6-11)12(16)13(17)18-2/h3-8,12,16H,1-2H3. The number of aromatic nitrogens is 2. The summed E-state index contributed by atoms with van der Waals surface area (Å²) in [6, 6.07) is 8.84. The minimum absolute atomic E-state index is 0.496. The van der Waals surface area contributed by atoms with Crippen LogP contribution in [0.25, 0.3) is 5.69 Å². The predicted octanol–water partition coefficient (Wildman–Crippen LogP) is 1.39. The van der Waals surface area contributed by atoms with Crippen molar-refractivity contribution in [3.05, 3.63) is 47.8 Å². The molecule has 0 bridgehead atoms. The highest BCUT2D eigenvalue weighted by atomic mass is 16.5. The first-order chi connectivity index (χ1) is 8.63. The van der Waals surface area contributed by atoms with E-state index >= 15 is 0 Å². The van der Waals surface area contributed by atoms with Crippen LogP contribution >= 0.6 is 0 Å². The van der Waals surface area contributed by atoms with E-state index in [1.165, 1.54) is 7.11 Å². The van der Waals surface area contributed by atoms with Gasteiger partial charge < -0.3 is 9.84 Å². The van der Waals surface area contributed by atoms with Crippen molar-refractivity contribution in [3.8, 4) is 5.69 Å². The summed E-state index contributed by atoms with van der Waals surface area (Å²) in [5, 5.41) is 13.8. The highest BCUT2D eigenvalue weighted by molar-refractivity contribution is 5.76. The molecular formula is C13H14N2O3. The van der Waals surface area contributed by atoms with Crippen molar-refractivity contribution in [1.82, 2.24) is 9.78 Å². The lowest BCUT2D eigenvalue weighted by Crippen LogP contribution is -2.13. The zero-order valence-electron chi connectivity index (χ0n) is 10.2. The predicted molar refractivity (Wildman–Crippen MR) is 65.3 cm³/mol. The number of carbonyl (C=O) groups is 1. The molecule has 0 saturated carbocycles. The van der Waals surface area contributed by atoms with Crippen LogP contribution in [-0.2, 0) is 9.53 Å². The van der Waals surface area contributed by atoms with Crippen molar-refractivity contribution in [2.45, 2.75) is 13.0 Å². The van der Waals surface area contributed by atoms with Gasteiger partial charge in [0.05, 0.1) is 12.8 Å². The molecule has 2 rings (SSSR count). The zero-order chi connectivity index (χ0) is 13.1. The van der Waals surface area contributed by atoms with Crippen LogP contribution in [0.3, 0.4) is 0 Å². The second-order valence-electron chi connectivity index (χ2n) is 3.90. The fourth-order valence-electron chi connectivity index (χ4n) is 1.69. The Morgan fingerprint density at radius 1 is 1.33 bits per heavy atom. The number of rotatable bonds is 3. The Hall–Kier alpha value is -2.14. The average molecular weight is 246 g/mol. The molecule has 0 amide bonds. The summed E-state index contributed by atoms with van der Waals surface area (Å²) in [7, 11) is 1.24. The molecule has 0 aliphatic rings. The quantitative estimate of drug-likeness (QED) is 0.831. The van der Waals surface area contributed by atoms with Gasteiger partial charge in [0.1, 0.15) is 0 Å². The van der Waals surface area contributed by atoms with Crippen molar-refractivity contribution in [2.75, 3.05) is 7.11 Å². The van der Waals surface area contributed by atoms with Crippen LogP contribution < -0.4 is 0 Å². The van der Waals surface area contributed by atoms with E-state index in [0.29, 0.717) is 5.56 Å². The lowest BCUT2D eigenvalue weighted by molar-refractivity contribution is -0.150. The van der Waals surface area contributed by atoms with Gasteiger partial charge in [-0.2, -0.15) is 5.10 Å². The third kappa shape index (κ3) is 2.26. The van der Waals surface area contributed by atoms with Gasteiger partial charge >= 0.3 is 5.97 Å². The maximum Gasteiger partial charge on any atom is 0.339 e. The van der Waals surface area contributed by atoms with E-state index in [4.69, 9.17) is 0 Å². The van der Waals surface area contributed by atoms with Gasteiger partial charge in [0, 0.05) is 11.9 Å². The van der Waals surface area contributed by atoms with Crippen LogP contribution in [0.1, 0.15) is 17.4 Å². The van der Waals surface area contributed by atoms with Gasteiger partial charge in [-0.15, -0.1) is 0 Å². The molecule has 0 radical (unpaired) electrons. The molecule has 0 fully saturated rings. The molecule has 5 heteroatoms. The molecule has 18 heavy (non-hydrogen) atoms. The molecule has 1 N–H and O–H groups in total. The molecule has 1 aromatic carbocycles. The summed E-state index contributed by atoms with van der Waals surface area (Å²) in [4.78, 5) is 11.2. The summed E-state index contributed by atoms with van der Waals surface area (Å²) < 4.78 is 6.25. The smallest absolute Gasteiger partial charge is 0.339 e. The van der Waals surface area contributed by atoms with E-state index in [1.54, 1.807) is 35.1 Å². The van der Waals surface area contributed by atoms with Crippen LogP contribution in [0.4, 0.5) is 0 Å². The first kappa shape index (κ1) is 12.3. The number of carbonyl (C=O) groups excluding carboxylic acids is 1. The molecule has 1 aromatic heterocycles. The number of ether oxygens (including phenoxy) is 1. The molecule has 0 saturated heterocycles. The molecule has 1 unspecified atom stereocenters. The molecular weight excluding hydrogens is 232 g/mol. The van der Waals surface area contributed by atoms with Gasteiger partial charge in [-0.1, -0.05) is 12.1 Å². The number of hydrogen-bond donors (Lipinski definition) is 1. The van der Waals surface area contributed by atoms with Gasteiger partial charge in [-0.3, -0.25) is 0 Å². The van der Waals surface area contributed by atoms with Crippen LogP contribution in [0.5, 0.6) is 0 Å². The lowest BCUT2D eigenvalue weighted by atomic mass is 10.1. The van der Waals surface area contributed by atoms with E-state index in [9.17, 15) is 9.90 Å². The Morgan fingerprint density at radius 2 is 2.00 bits per heavy atom. The Labute approximate surface area is 105 Å². The maximum absolute atomic E-state index is 11.2. The summed E-state index contributed by atoms with van der Waals surface area (Å²) in [6.07, 6.45) is 0.467. The van der Waals surface area contributed by atoms with Crippen molar-refractivity contribution >= 4 is 5.97 Å². The average Bonchev–Trinajstić information content (AvgIpc) is 2.83. The minimum Gasteiger partial charge on any atom is -0.467 e. The second-order valence-corrected chi connectivity index (χ2v) is 3.90. The van der Waals surface area contributed by atoms with Gasteiger partial charge in [0.2, 0.25) is 0 Å². The number of aryl methyl sites for hydroxylation is 1. The number of aliphatic hydroxyl groups is 1. The lowest BCUT2D eigenvalue weighted by Gasteiger charge is -2.10. The Morgan fingerprint density at radius 3 is 2.50 bits per heavy atom. The first-order valence-electron chi connectivity index (χ1n) is 5.50. The van der Waals surface area contributed by atoms with Gasteiger partial charge in [0.25, 0.3) is 0 Å². The number of esters is 1. The molecule has 1 atom stereocenters. The second kappa shape index (κ2) is 5.01. The van der Waals surface area contributed by atoms with E-state index in [-0.39, 0.29) is 0 Å². The number of methoxy groups -OCH3 is 1. The van der Waals surface area contributed by atoms with Crippen LogP contribution in [0, 0.1) is 6.92 Å². The molecule has 5 nitrogen and oxygen atoms in total. The fraction of sp³-hybridized carbons (Fsp3) is 0.231. The topological polar surface area (TPSA) is 64.3 Å². The normalized spacial score (nSPS) is 12.2. The summed E-state index contributed by atoms with van der Waals surface area (Å²) in [6.45, 7) is 1.95. The summed E-state index contributed by atoms with van der Waals surface area (Å²) in [5.41, 5.74) is 2.38. The van der Waals surface area contributed by atoms with E-state index in [2.05, 4.69) is 9.84 Å². The van der Waals surface area contributed by atoms with Crippen LogP contribution in [0.2, 0.25) is 0 Å². The largest absolute Gasteiger partial charge is 0.467 e. The number of hydrogen-bond acceptors (Lipinski definition) is 4. The van der Waals surface area contributed by atoms with E-state index in [1.807, 2.05) is 13.0 Å². The molecule has 1 heterocycles. The molecule has 0 spiro atoms. The SMILES string of the molecule is COC(=O)C(O)c1ccc(-n2nccc2C)cc1. The minimum atomic E-state index is -1.25. The van der Waals surface area contributed by atoms with Gasteiger partial charge in [0.15, 0.2) is 6.10 Å². The summed E-state index contributed by atoms with van der Waals surface area (Å²) >= 11 is 0. The zero-order valence-corrected chi connectivity index (χ0v) is 10.2. The van der Waals surface area contributed by atoms with Gasteiger partial charge in [-0.25, -0.2) is 9.48 Å². The van der Waals surface area contributed by atoms with E-state index < -0.39 is 12.1 Å². The molecule has 0 aliphatic heterocycles. The van der Waals surface area contributed by atoms with Crippen molar-refractivity contribution < 1.29 is 14.6 Å². The van der Waals surface area contributed by atoms with Crippen LogP contribution in [0.15, 0.2) is 36.5 Å². The molecule has 94 valence electrons. The molecule has 2 aromatic rings. The maximum atomic E-state index is 11.2. The van der Waals surface area contributed by atoms with E-state index in [0.717, 1.165) is 11.4 Å². The third-order valence-corrected chi connectivity index (χ3v) is 2.71. The van der Waals surface area contributed by atoms with Crippen molar-refractivity contribution in [3.63, 3.8) is 0 Å². The Kier molecular flexibility index (Phi) is 3.43. The highest BCUT2D eigenvalue weighted by Gasteiger charge is 2.17. The molecule has 0 aliphatic carbocycles. The summed E-state index contributed by atoms with van der Waals surface area (Å²) in [5.74, 6) is -0.669. The third-order valence-electron chi connectivity index (χ3n) is 2.71. The monoisotopic (exact) mass is 246 g/mol. The Bertz CT molecular complexity index is 546. The number of aliphatic hydroxyl groups excluding tert-OH is 1. The Balaban J connectivity index is 2.26. The number of benzene rings is 1. The van der Waals surface area contributed by atoms with Crippen molar-refractivity contribution in [1.29, 1.82) is 0 Å². The van der Waals surface area contributed by atoms with Gasteiger partial charge in [-0.05, 0) is 30.7 Å². The van der Waals surface area contributed by atoms with Crippen LogP contribution in [-0.4, -0.2) is 28.0 Å². The highest BCUT2D eigenvalue weighted by Crippen LogP contribution is 2.17. The fourth-order valence-corrected chi connectivity index (χ4v) is 1.69.